The highest BCUT2D eigenvalue weighted by atomic mass is 35.5. The minimum absolute atomic E-state index is 0.0492. The highest BCUT2D eigenvalue weighted by Gasteiger charge is 2.27. The highest BCUT2D eigenvalue weighted by Crippen LogP contribution is 2.33. The van der Waals surface area contributed by atoms with Crippen molar-refractivity contribution in [3.63, 3.8) is 0 Å². The van der Waals surface area contributed by atoms with Crippen molar-refractivity contribution in [2.75, 3.05) is 13.1 Å². The van der Waals surface area contributed by atoms with E-state index in [1.807, 2.05) is 6.92 Å². The van der Waals surface area contributed by atoms with Crippen LogP contribution in [0.1, 0.15) is 53.3 Å². The van der Waals surface area contributed by atoms with E-state index in [1.165, 1.54) is 0 Å². The van der Waals surface area contributed by atoms with Gasteiger partial charge < -0.3 is 9.84 Å². The van der Waals surface area contributed by atoms with Crippen LogP contribution in [0, 0.1) is 6.92 Å². The number of nitrogens with one attached hydrogen (secondary N) is 1. The van der Waals surface area contributed by atoms with Gasteiger partial charge in [0.2, 0.25) is 0 Å². The van der Waals surface area contributed by atoms with Gasteiger partial charge in [0.15, 0.2) is 0 Å². The van der Waals surface area contributed by atoms with Crippen molar-refractivity contribution >= 4 is 17.6 Å². The zero-order valence-corrected chi connectivity index (χ0v) is 19.7. The zero-order chi connectivity index (χ0) is 24.4. The molecule has 2 N–H and O–H groups in total. The molecule has 1 fully saturated rings. The van der Waals surface area contributed by atoms with Crippen LogP contribution in [0.25, 0.3) is 0 Å². The molecule has 0 saturated carbocycles. The molecule has 0 spiro atoms. The van der Waals surface area contributed by atoms with Gasteiger partial charge >= 0.3 is 11.7 Å². The second-order valence-corrected chi connectivity index (χ2v) is 9.00. The number of aromatic carboxylic acids is 1. The maximum atomic E-state index is 12.4. The number of carboxylic acids is 1. The summed E-state index contributed by atoms with van der Waals surface area (Å²) in [6, 6.07) is 11.8. The van der Waals surface area contributed by atoms with E-state index in [0.29, 0.717) is 22.9 Å². The lowest BCUT2D eigenvalue weighted by Crippen LogP contribution is -2.42. The summed E-state index contributed by atoms with van der Waals surface area (Å²) in [5.41, 5.74) is 0.679. The molecule has 3 aromatic rings. The Kier molecular flexibility index (Phi) is 6.90. The Balaban J connectivity index is 1.60. The lowest BCUT2D eigenvalue weighted by atomic mass is 9.99. The summed E-state index contributed by atoms with van der Waals surface area (Å²) in [4.78, 5) is 40.5. The fourth-order valence-electron chi connectivity index (χ4n) is 4.35. The minimum atomic E-state index is -1.08. The first-order valence-electron chi connectivity index (χ1n) is 11.1. The van der Waals surface area contributed by atoms with Gasteiger partial charge in [-0.05, 0) is 69.1 Å². The molecule has 0 radical (unpaired) electrons. The summed E-state index contributed by atoms with van der Waals surface area (Å²) < 4.78 is 7.51. The number of piperidine rings is 1. The van der Waals surface area contributed by atoms with Crippen LogP contribution in [-0.2, 0) is 0 Å². The number of rotatable bonds is 6. The average Bonchev–Trinajstić information content (AvgIpc) is 2.81. The maximum absolute atomic E-state index is 12.4. The van der Waals surface area contributed by atoms with Crippen LogP contribution >= 0.6 is 11.6 Å². The molecular weight excluding hydrogens is 458 g/mol. The highest BCUT2D eigenvalue weighted by molar-refractivity contribution is 6.30. The van der Waals surface area contributed by atoms with Gasteiger partial charge in [-0.1, -0.05) is 23.7 Å². The van der Waals surface area contributed by atoms with Crippen molar-refractivity contribution in [2.45, 2.75) is 38.8 Å². The van der Waals surface area contributed by atoms with Crippen LogP contribution in [-0.4, -0.2) is 38.6 Å². The molecule has 178 valence electrons. The molecule has 8 nitrogen and oxygen atoms in total. The van der Waals surface area contributed by atoms with Crippen LogP contribution < -0.4 is 16.0 Å². The molecule has 2 aromatic carbocycles. The van der Waals surface area contributed by atoms with Crippen molar-refractivity contribution in [1.29, 1.82) is 0 Å². The number of hydrogen-bond acceptors (Lipinski definition) is 5. The molecule has 0 bridgehead atoms. The van der Waals surface area contributed by atoms with Gasteiger partial charge in [-0.2, -0.15) is 0 Å². The van der Waals surface area contributed by atoms with Crippen molar-refractivity contribution in [1.82, 2.24) is 14.5 Å². The summed E-state index contributed by atoms with van der Waals surface area (Å²) in [5, 5.41) is 10.1. The third kappa shape index (κ3) is 5.08. The summed E-state index contributed by atoms with van der Waals surface area (Å²) in [6.45, 7) is 5.18. The number of ether oxygens (including phenoxy) is 1. The topological polar surface area (TPSA) is 105 Å². The number of hydrogen-bond donors (Lipinski definition) is 2. The molecule has 4 rings (SSSR count). The Morgan fingerprint density at radius 2 is 2.03 bits per heavy atom. The van der Waals surface area contributed by atoms with Crippen LogP contribution in [0.15, 0.2) is 58.3 Å². The smallest absolute Gasteiger partial charge is 0.339 e. The second-order valence-electron chi connectivity index (χ2n) is 8.57. The SMILES string of the molecule is Cc1cn([C@H]2CCCN([C@@H](C)c3ccc(C(=O)O)c(Oc4cccc(Cl)c4)c3)C2)c(=O)[nH]c1=O. The molecule has 0 aliphatic carbocycles. The Morgan fingerprint density at radius 1 is 1.24 bits per heavy atom. The first-order valence-corrected chi connectivity index (χ1v) is 11.5. The third-order valence-corrected chi connectivity index (χ3v) is 6.49. The number of benzene rings is 2. The predicted octanol–water partition coefficient (Wildman–Crippen LogP) is 4.39. The zero-order valence-electron chi connectivity index (χ0n) is 19.0. The van der Waals surface area contributed by atoms with Gasteiger partial charge in [0, 0.05) is 29.4 Å². The molecule has 9 heteroatoms. The first-order chi connectivity index (χ1) is 16.2. The number of aryl methyl sites for hydroxylation is 1. The number of H-pyrrole nitrogens is 1. The number of likely N-dealkylation sites (tertiary alicyclic amines) is 1. The predicted molar refractivity (Wildman–Crippen MR) is 129 cm³/mol. The maximum Gasteiger partial charge on any atom is 0.339 e. The molecule has 1 aliphatic heterocycles. The van der Waals surface area contributed by atoms with Crippen molar-refractivity contribution in [3.05, 3.63) is 91.2 Å². The molecule has 2 heterocycles. The van der Waals surface area contributed by atoms with E-state index in [9.17, 15) is 19.5 Å². The molecule has 2 atom stereocenters. The Hall–Kier alpha value is -3.36. The minimum Gasteiger partial charge on any atom is -0.478 e. The van der Waals surface area contributed by atoms with E-state index in [0.717, 1.165) is 24.9 Å². The van der Waals surface area contributed by atoms with E-state index in [-0.39, 0.29) is 29.0 Å². The Labute approximate surface area is 201 Å². The molecule has 1 aromatic heterocycles. The average molecular weight is 484 g/mol. The summed E-state index contributed by atoms with van der Waals surface area (Å²) in [7, 11) is 0. The lowest BCUT2D eigenvalue weighted by Gasteiger charge is -2.37. The third-order valence-electron chi connectivity index (χ3n) is 6.26. The van der Waals surface area contributed by atoms with Gasteiger partial charge in [0.25, 0.3) is 5.56 Å². The van der Waals surface area contributed by atoms with E-state index < -0.39 is 11.7 Å². The number of carboxylic acid groups (broad SMARTS) is 1. The molecule has 0 unspecified atom stereocenters. The molecule has 34 heavy (non-hydrogen) atoms. The fourth-order valence-corrected chi connectivity index (χ4v) is 4.53. The quantitative estimate of drug-likeness (QED) is 0.539. The van der Waals surface area contributed by atoms with Crippen molar-refractivity contribution in [2.24, 2.45) is 0 Å². The molecule has 0 amide bonds. The largest absolute Gasteiger partial charge is 0.478 e. The van der Waals surface area contributed by atoms with Crippen molar-refractivity contribution < 1.29 is 14.6 Å². The number of halogens is 1. The standard InChI is InChI=1S/C25H26ClN3O5/c1-15-13-29(25(33)27-23(15)30)19-6-4-10-28(14-19)16(2)17-8-9-21(24(31)32)22(11-17)34-20-7-3-5-18(26)12-20/h3,5,7-9,11-13,16,19H,4,6,10,14H2,1-2H3,(H,31,32)(H,27,30,33)/t16-,19-/m0/s1. The number of carbonyl (C=O) groups is 1. The molecule has 1 saturated heterocycles. The first kappa shape index (κ1) is 23.8. The van der Waals surface area contributed by atoms with Gasteiger partial charge in [-0.3, -0.25) is 19.2 Å². The van der Waals surface area contributed by atoms with Gasteiger partial charge in [0.05, 0.1) is 6.04 Å². The Morgan fingerprint density at radius 3 is 2.76 bits per heavy atom. The molecular formula is C25H26ClN3O5. The van der Waals surface area contributed by atoms with E-state index in [4.69, 9.17) is 16.3 Å². The Bertz CT molecular complexity index is 1330. The number of nitrogens with zero attached hydrogens (tertiary/aromatic N) is 2. The number of aromatic amines is 1. The van der Waals surface area contributed by atoms with Crippen LogP contribution in [0.5, 0.6) is 11.5 Å². The van der Waals surface area contributed by atoms with Crippen molar-refractivity contribution in [3.8, 4) is 11.5 Å². The van der Waals surface area contributed by atoms with E-state index in [1.54, 1.807) is 60.2 Å². The fraction of sp³-hybridized carbons (Fsp3) is 0.320. The summed E-state index contributed by atoms with van der Waals surface area (Å²) in [5.74, 6) is -0.395. The second kappa shape index (κ2) is 9.87. The van der Waals surface area contributed by atoms with Gasteiger partial charge in [0.1, 0.15) is 17.1 Å². The van der Waals surface area contributed by atoms with Crippen LogP contribution in [0.2, 0.25) is 5.02 Å². The van der Waals surface area contributed by atoms with Gasteiger partial charge in [-0.15, -0.1) is 0 Å². The molecule has 1 aliphatic rings. The monoisotopic (exact) mass is 483 g/mol. The summed E-state index contributed by atoms with van der Waals surface area (Å²) >= 11 is 6.04. The van der Waals surface area contributed by atoms with Gasteiger partial charge in [-0.25, -0.2) is 9.59 Å². The van der Waals surface area contributed by atoms with E-state index in [2.05, 4.69) is 9.88 Å². The number of aromatic nitrogens is 2. The normalized spacial score (nSPS) is 17.3. The van der Waals surface area contributed by atoms with Crippen LogP contribution in [0.3, 0.4) is 0 Å². The lowest BCUT2D eigenvalue weighted by molar-refractivity contribution is 0.0694. The van der Waals surface area contributed by atoms with Crippen LogP contribution in [0.4, 0.5) is 0 Å². The summed E-state index contributed by atoms with van der Waals surface area (Å²) in [6.07, 6.45) is 3.34. The van der Waals surface area contributed by atoms with E-state index >= 15 is 0 Å².